The van der Waals surface area contributed by atoms with Crippen LogP contribution in [0.5, 0.6) is 0 Å². The summed E-state index contributed by atoms with van der Waals surface area (Å²) in [6.07, 6.45) is 3.68. The van der Waals surface area contributed by atoms with Crippen LogP contribution in [0.3, 0.4) is 0 Å². The number of rotatable bonds is 4. The van der Waals surface area contributed by atoms with E-state index < -0.39 is 0 Å². The largest absolute Gasteiger partial charge is 0.392 e. The second kappa shape index (κ2) is 5.42. The van der Waals surface area contributed by atoms with Gasteiger partial charge in [0.05, 0.1) is 13.2 Å². The van der Waals surface area contributed by atoms with Gasteiger partial charge in [-0.2, -0.15) is 0 Å². The molecule has 0 radical (unpaired) electrons. The molecule has 0 bridgehead atoms. The maximum atomic E-state index is 9.35. The lowest BCUT2D eigenvalue weighted by molar-refractivity contribution is 0.282. The highest BCUT2D eigenvalue weighted by Crippen LogP contribution is 2.25. The van der Waals surface area contributed by atoms with Crippen molar-refractivity contribution in [3.63, 3.8) is 0 Å². The minimum absolute atomic E-state index is 0.00257. The van der Waals surface area contributed by atoms with Crippen LogP contribution in [0.1, 0.15) is 11.4 Å². The first-order valence-corrected chi connectivity index (χ1v) is 6.06. The maximum absolute atomic E-state index is 9.35. The van der Waals surface area contributed by atoms with E-state index in [1.54, 1.807) is 12.3 Å². The Morgan fingerprint density at radius 1 is 1.44 bits per heavy atom. The van der Waals surface area contributed by atoms with Gasteiger partial charge < -0.3 is 14.6 Å². The zero-order valence-corrected chi connectivity index (χ0v) is 11.2. The molecule has 0 amide bonds. The number of benzene rings is 1. The second-order valence-electron chi connectivity index (χ2n) is 4.24. The number of aliphatic hydroxyl groups excluding tert-OH is 1. The van der Waals surface area contributed by atoms with Crippen molar-refractivity contribution in [3.8, 4) is 0 Å². The van der Waals surface area contributed by atoms with Crippen molar-refractivity contribution in [2.24, 2.45) is 7.05 Å². The molecule has 1 N–H and O–H groups in total. The summed E-state index contributed by atoms with van der Waals surface area (Å²) in [4.78, 5) is 6.31. The summed E-state index contributed by atoms with van der Waals surface area (Å²) in [5.74, 6) is 0.960. The van der Waals surface area contributed by atoms with Gasteiger partial charge in [-0.15, -0.1) is 0 Å². The van der Waals surface area contributed by atoms with E-state index in [4.69, 9.17) is 11.6 Å². The van der Waals surface area contributed by atoms with Gasteiger partial charge in [-0.05, 0) is 12.1 Å². The Bertz CT molecular complexity index is 539. The van der Waals surface area contributed by atoms with Crippen molar-refractivity contribution in [3.05, 3.63) is 47.0 Å². The fourth-order valence-electron chi connectivity index (χ4n) is 1.87. The topological polar surface area (TPSA) is 41.3 Å². The molecule has 0 atom stereocenters. The first-order valence-electron chi connectivity index (χ1n) is 5.68. The van der Waals surface area contributed by atoms with E-state index in [1.165, 1.54) is 0 Å². The van der Waals surface area contributed by atoms with Crippen LogP contribution in [0.15, 0.2) is 30.6 Å². The summed E-state index contributed by atoms with van der Waals surface area (Å²) >= 11 is 6.00. The monoisotopic (exact) mass is 265 g/mol. The SMILES string of the molecule is CN(Cc1nccn1C)c1cc(Cl)ccc1CO. The number of anilines is 1. The number of aromatic nitrogens is 2. The summed E-state index contributed by atoms with van der Waals surface area (Å²) in [5, 5.41) is 10.0. The first-order chi connectivity index (χ1) is 8.61. The third kappa shape index (κ3) is 2.66. The lowest BCUT2D eigenvalue weighted by atomic mass is 10.1. The van der Waals surface area contributed by atoms with E-state index in [0.717, 1.165) is 17.1 Å². The van der Waals surface area contributed by atoms with E-state index in [-0.39, 0.29) is 6.61 Å². The smallest absolute Gasteiger partial charge is 0.127 e. The van der Waals surface area contributed by atoms with Crippen molar-refractivity contribution < 1.29 is 5.11 Å². The zero-order valence-electron chi connectivity index (χ0n) is 10.5. The number of imidazole rings is 1. The maximum Gasteiger partial charge on any atom is 0.127 e. The van der Waals surface area contributed by atoms with E-state index in [9.17, 15) is 5.11 Å². The molecule has 18 heavy (non-hydrogen) atoms. The Hall–Kier alpha value is -1.52. The van der Waals surface area contributed by atoms with Crippen LogP contribution in [-0.4, -0.2) is 21.7 Å². The van der Waals surface area contributed by atoms with Gasteiger partial charge in [0.15, 0.2) is 0 Å². The highest BCUT2D eigenvalue weighted by molar-refractivity contribution is 6.30. The van der Waals surface area contributed by atoms with E-state index in [2.05, 4.69) is 4.98 Å². The molecule has 0 aliphatic heterocycles. The van der Waals surface area contributed by atoms with Crippen LogP contribution < -0.4 is 4.90 Å². The summed E-state index contributed by atoms with van der Waals surface area (Å²) in [5.41, 5.74) is 1.78. The molecule has 0 saturated carbocycles. The molecule has 1 heterocycles. The zero-order chi connectivity index (χ0) is 13.1. The van der Waals surface area contributed by atoms with Crippen molar-refractivity contribution in [2.75, 3.05) is 11.9 Å². The summed E-state index contributed by atoms with van der Waals surface area (Å²) in [6, 6.07) is 5.48. The van der Waals surface area contributed by atoms with Crippen LogP contribution in [0.4, 0.5) is 5.69 Å². The number of aliphatic hydroxyl groups is 1. The first kappa shape index (κ1) is 12.9. The lowest BCUT2D eigenvalue weighted by Gasteiger charge is -2.22. The van der Waals surface area contributed by atoms with E-state index in [1.807, 2.05) is 41.9 Å². The summed E-state index contributed by atoms with van der Waals surface area (Å²) in [6.45, 7) is 0.661. The van der Waals surface area contributed by atoms with Gasteiger partial charge >= 0.3 is 0 Å². The van der Waals surface area contributed by atoms with Crippen LogP contribution >= 0.6 is 11.6 Å². The van der Waals surface area contributed by atoms with Gasteiger partial charge in [0.1, 0.15) is 5.82 Å². The van der Waals surface area contributed by atoms with Crippen LogP contribution in [0, 0.1) is 0 Å². The molecule has 5 heteroatoms. The molecule has 1 aromatic carbocycles. The Morgan fingerprint density at radius 3 is 2.83 bits per heavy atom. The number of halogens is 1. The fraction of sp³-hybridized carbons (Fsp3) is 0.308. The van der Waals surface area contributed by atoms with E-state index in [0.29, 0.717) is 11.6 Å². The second-order valence-corrected chi connectivity index (χ2v) is 4.68. The van der Waals surface area contributed by atoms with Crippen LogP contribution in [-0.2, 0) is 20.2 Å². The standard InChI is InChI=1S/C13H16ClN3O/c1-16-6-5-15-13(16)8-17(2)12-7-11(14)4-3-10(12)9-18/h3-7,18H,8-9H2,1-2H3. The molecule has 0 aliphatic carbocycles. The molecule has 0 aliphatic rings. The van der Waals surface area contributed by atoms with Gasteiger partial charge in [0.2, 0.25) is 0 Å². The Balaban J connectivity index is 2.25. The lowest BCUT2D eigenvalue weighted by Crippen LogP contribution is -2.20. The van der Waals surface area contributed by atoms with Crippen molar-refractivity contribution >= 4 is 17.3 Å². The van der Waals surface area contributed by atoms with Gasteiger partial charge in [-0.25, -0.2) is 4.98 Å². The molecule has 2 rings (SSSR count). The molecule has 2 aromatic rings. The third-order valence-corrected chi connectivity index (χ3v) is 3.16. The van der Waals surface area contributed by atoms with Crippen molar-refractivity contribution in [2.45, 2.75) is 13.2 Å². The van der Waals surface area contributed by atoms with Crippen LogP contribution in [0.2, 0.25) is 5.02 Å². The molecule has 0 spiro atoms. The Kier molecular flexibility index (Phi) is 3.89. The third-order valence-electron chi connectivity index (χ3n) is 2.93. The fourth-order valence-corrected chi connectivity index (χ4v) is 2.04. The minimum atomic E-state index is -0.00257. The van der Waals surface area contributed by atoms with Gasteiger partial charge in [-0.1, -0.05) is 17.7 Å². The summed E-state index contributed by atoms with van der Waals surface area (Å²) < 4.78 is 1.97. The van der Waals surface area contributed by atoms with Gasteiger partial charge in [0.25, 0.3) is 0 Å². The Morgan fingerprint density at radius 2 is 2.22 bits per heavy atom. The average Bonchev–Trinajstić information content (AvgIpc) is 2.75. The number of hydrogen-bond acceptors (Lipinski definition) is 3. The molecule has 1 aromatic heterocycles. The molecule has 0 unspecified atom stereocenters. The summed E-state index contributed by atoms with van der Waals surface area (Å²) in [7, 11) is 3.92. The molecular weight excluding hydrogens is 250 g/mol. The van der Waals surface area contributed by atoms with E-state index >= 15 is 0 Å². The molecule has 4 nitrogen and oxygen atoms in total. The quantitative estimate of drug-likeness (QED) is 0.922. The van der Waals surface area contributed by atoms with Gasteiger partial charge in [0, 0.05) is 42.8 Å². The van der Waals surface area contributed by atoms with Crippen molar-refractivity contribution in [1.29, 1.82) is 0 Å². The van der Waals surface area contributed by atoms with Crippen LogP contribution in [0.25, 0.3) is 0 Å². The van der Waals surface area contributed by atoms with Gasteiger partial charge in [-0.3, -0.25) is 0 Å². The molecule has 96 valence electrons. The molecule has 0 saturated heterocycles. The molecular formula is C13H16ClN3O. The molecule has 0 fully saturated rings. The predicted molar refractivity (Wildman–Crippen MR) is 72.7 cm³/mol. The minimum Gasteiger partial charge on any atom is -0.392 e. The number of nitrogens with zero attached hydrogens (tertiary/aromatic N) is 3. The average molecular weight is 266 g/mol. The predicted octanol–water partition coefficient (Wildman–Crippen LogP) is 2.20. The number of hydrogen-bond donors (Lipinski definition) is 1. The van der Waals surface area contributed by atoms with Crippen molar-refractivity contribution in [1.82, 2.24) is 9.55 Å². The Labute approximate surface area is 111 Å². The highest BCUT2D eigenvalue weighted by Gasteiger charge is 2.10. The normalized spacial score (nSPS) is 10.7. The number of aryl methyl sites for hydroxylation is 1. The highest BCUT2D eigenvalue weighted by atomic mass is 35.5.